The quantitative estimate of drug-likeness (QED) is 0.695. The van der Waals surface area contributed by atoms with Gasteiger partial charge in [0.15, 0.2) is 0 Å². The summed E-state index contributed by atoms with van der Waals surface area (Å²) in [6.07, 6.45) is -4.10. The van der Waals surface area contributed by atoms with E-state index in [1.54, 1.807) is 0 Å². The first-order chi connectivity index (χ1) is 5.46. The number of nitrogens with one attached hydrogen (secondary N) is 1. The Balaban J connectivity index is 4.21. The van der Waals surface area contributed by atoms with Crippen molar-refractivity contribution in [2.24, 2.45) is 0 Å². The zero-order chi connectivity index (χ0) is 10.9. The number of hydrogen-bond acceptors (Lipinski definition) is 1. The molecule has 0 saturated carbocycles. The minimum Gasteiger partial charge on any atom is -0.329 e. The predicted molar refractivity (Wildman–Crippen MR) is 51.3 cm³/mol. The van der Waals surface area contributed by atoms with Gasteiger partial charge in [-0.05, 0) is 5.04 Å². The normalized spacial score (nSPS) is 14.8. The van der Waals surface area contributed by atoms with E-state index in [0.717, 1.165) is 0 Å². The molecule has 1 N–H and O–H groups in total. The van der Waals surface area contributed by atoms with E-state index < -0.39 is 21.0 Å². The van der Waals surface area contributed by atoms with E-state index in [1.165, 1.54) is 0 Å². The van der Waals surface area contributed by atoms with Crippen LogP contribution >= 0.6 is 0 Å². The van der Waals surface area contributed by atoms with E-state index in [-0.39, 0.29) is 5.04 Å². The Morgan fingerprint density at radius 1 is 1.08 bits per heavy atom. The molecule has 0 aliphatic heterocycles. The smallest absolute Gasteiger partial charge is 0.329 e. The molecule has 0 atom stereocenters. The van der Waals surface area contributed by atoms with Crippen LogP contribution in [0.15, 0.2) is 0 Å². The molecule has 13 heavy (non-hydrogen) atoms. The zero-order valence-electron chi connectivity index (χ0n) is 8.84. The number of hydrogen-bond donors (Lipinski definition) is 1. The third-order valence-electron chi connectivity index (χ3n) is 2.61. The van der Waals surface area contributed by atoms with Gasteiger partial charge in [-0.25, -0.2) is 0 Å². The van der Waals surface area contributed by atoms with Crippen LogP contribution in [0.3, 0.4) is 0 Å². The zero-order valence-corrected chi connectivity index (χ0v) is 9.84. The Bertz CT molecular complexity index is 169. The monoisotopic (exact) mass is 213 g/mol. The summed E-state index contributed by atoms with van der Waals surface area (Å²) in [5.74, 6) is 0. The molecule has 0 radical (unpaired) electrons. The van der Waals surface area contributed by atoms with Gasteiger partial charge in [0.25, 0.3) is 0 Å². The van der Waals surface area contributed by atoms with Gasteiger partial charge in [-0.2, -0.15) is 13.2 Å². The van der Waals surface area contributed by atoms with Gasteiger partial charge < -0.3 is 4.98 Å². The van der Waals surface area contributed by atoms with Crippen LogP contribution in [0.1, 0.15) is 20.8 Å². The van der Waals surface area contributed by atoms with Crippen LogP contribution in [-0.4, -0.2) is 21.0 Å². The highest BCUT2D eigenvalue weighted by Gasteiger charge is 2.38. The molecular weight excluding hydrogens is 195 g/mol. The Labute approximate surface area is 78.8 Å². The Morgan fingerprint density at radius 2 is 1.46 bits per heavy atom. The molecule has 0 heterocycles. The van der Waals surface area contributed by atoms with E-state index in [1.807, 2.05) is 33.9 Å². The summed E-state index contributed by atoms with van der Waals surface area (Å²) in [6, 6.07) is 0. The highest BCUT2D eigenvalue weighted by atomic mass is 28.3. The standard InChI is InChI=1S/C8H18F3NSi/c1-7(2,3)13(4,5)12-6-8(9,10)11/h12H,6H2,1-5H3. The molecule has 5 heteroatoms. The Hall–Kier alpha value is -0.0331. The predicted octanol–water partition coefficient (Wildman–Crippen LogP) is 3.14. The van der Waals surface area contributed by atoms with Crippen molar-refractivity contribution in [1.82, 2.24) is 4.98 Å². The van der Waals surface area contributed by atoms with Gasteiger partial charge in [-0.1, -0.05) is 33.9 Å². The minimum absolute atomic E-state index is 0.0573. The van der Waals surface area contributed by atoms with E-state index in [4.69, 9.17) is 0 Å². The third-order valence-corrected chi connectivity index (χ3v) is 7.42. The van der Waals surface area contributed by atoms with Crippen molar-refractivity contribution in [3.05, 3.63) is 0 Å². The summed E-state index contributed by atoms with van der Waals surface area (Å²) >= 11 is 0. The summed E-state index contributed by atoms with van der Waals surface area (Å²) in [7, 11) is -1.98. The van der Waals surface area contributed by atoms with Crippen molar-refractivity contribution < 1.29 is 13.2 Å². The molecule has 0 amide bonds. The molecular formula is C8H18F3NSi. The van der Waals surface area contributed by atoms with Crippen molar-refractivity contribution in [1.29, 1.82) is 0 Å². The molecule has 0 aliphatic carbocycles. The molecule has 0 aliphatic rings. The fourth-order valence-corrected chi connectivity index (χ4v) is 1.76. The van der Waals surface area contributed by atoms with Gasteiger partial charge in [-0.15, -0.1) is 0 Å². The lowest BCUT2D eigenvalue weighted by Gasteiger charge is -2.37. The maximum absolute atomic E-state index is 11.9. The summed E-state index contributed by atoms with van der Waals surface area (Å²) in [4.78, 5) is 2.65. The first kappa shape index (κ1) is 13.0. The van der Waals surface area contributed by atoms with Gasteiger partial charge in [0.2, 0.25) is 0 Å². The second kappa shape index (κ2) is 3.61. The average molecular weight is 213 g/mol. The van der Waals surface area contributed by atoms with Crippen LogP contribution in [0, 0.1) is 0 Å². The number of halogens is 3. The maximum atomic E-state index is 11.9. The van der Waals surface area contributed by atoms with Gasteiger partial charge >= 0.3 is 6.18 Å². The van der Waals surface area contributed by atoms with Crippen molar-refractivity contribution in [2.75, 3.05) is 6.54 Å². The van der Waals surface area contributed by atoms with Gasteiger partial charge in [0, 0.05) is 0 Å². The molecule has 0 unspecified atom stereocenters. The van der Waals surface area contributed by atoms with Gasteiger partial charge in [-0.3, -0.25) is 0 Å². The van der Waals surface area contributed by atoms with E-state index in [9.17, 15) is 13.2 Å². The SMILES string of the molecule is CC(C)(C)[Si](C)(C)NCC(F)(F)F. The van der Waals surface area contributed by atoms with Crippen molar-refractivity contribution in [3.63, 3.8) is 0 Å². The van der Waals surface area contributed by atoms with E-state index in [2.05, 4.69) is 4.98 Å². The first-order valence-electron chi connectivity index (χ1n) is 4.27. The third kappa shape index (κ3) is 4.66. The second-order valence-corrected chi connectivity index (χ2v) is 9.95. The largest absolute Gasteiger partial charge is 0.400 e. The maximum Gasteiger partial charge on any atom is 0.400 e. The highest BCUT2D eigenvalue weighted by Crippen LogP contribution is 2.34. The number of rotatable bonds is 2. The summed E-state index contributed by atoms with van der Waals surface area (Å²) in [6.45, 7) is 8.88. The molecule has 0 saturated heterocycles. The highest BCUT2D eigenvalue weighted by molar-refractivity contribution is 6.77. The van der Waals surface area contributed by atoms with Crippen molar-refractivity contribution in [2.45, 2.75) is 45.1 Å². The molecule has 1 nitrogen and oxygen atoms in total. The van der Waals surface area contributed by atoms with Gasteiger partial charge in [0.05, 0.1) is 6.54 Å². The lowest BCUT2D eigenvalue weighted by molar-refractivity contribution is -0.121. The molecule has 0 rings (SSSR count). The molecule has 0 bridgehead atoms. The molecule has 0 fully saturated rings. The second-order valence-electron chi connectivity index (χ2n) is 4.84. The van der Waals surface area contributed by atoms with Crippen LogP contribution < -0.4 is 4.98 Å². The van der Waals surface area contributed by atoms with Crippen LogP contribution in [0.5, 0.6) is 0 Å². The molecule has 0 aromatic heterocycles. The lowest BCUT2D eigenvalue weighted by atomic mass is 10.2. The lowest BCUT2D eigenvalue weighted by Crippen LogP contribution is -2.54. The first-order valence-corrected chi connectivity index (χ1v) is 7.27. The van der Waals surface area contributed by atoms with Crippen molar-refractivity contribution in [3.8, 4) is 0 Å². The summed E-state index contributed by atoms with van der Waals surface area (Å²) in [5, 5.41) is -0.0573. The van der Waals surface area contributed by atoms with Crippen LogP contribution in [0.25, 0.3) is 0 Å². The molecule has 80 valence electrons. The Morgan fingerprint density at radius 3 is 1.69 bits per heavy atom. The van der Waals surface area contributed by atoms with E-state index in [0.29, 0.717) is 0 Å². The van der Waals surface area contributed by atoms with Crippen molar-refractivity contribution >= 4 is 8.24 Å². The minimum atomic E-state index is -4.10. The molecule has 0 aromatic carbocycles. The van der Waals surface area contributed by atoms with Gasteiger partial charge in [0.1, 0.15) is 8.24 Å². The average Bonchev–Trinajstić information content (AvgIpc) is 1.79. The fraction of sp³-hybridized carbons (Fsp3) is 1.00. The molecule has 0 spiro atoms. The summed E-state index contributed by atoms with van der Waals surface area (Å²) < 4.78 is 35.8. The topological polar surface area (TPSA) is 12.0 Å². The van der Waals surface area contributed by atoms with E-state index >= 15 is 0 Å². The van der Waals surface area contributed by atoms with Crippen LogP contribution in [-0.2, 0) is 0 Å². The Kier molecular flexibility index (Phi) is 3.60. The molecule has 0 aromatic rings. The van der Waals surface area contributed by atoms with Crippen LogP contribution in [0.4, 0.5) is 13.2 Å². The van der Waals surface area contributed by atoms with Crippen LogP contribution in [0.2, 0.25) is 18.1 Å². The summed E-state index contributed by atoms with van der Waals surface area (Å²) in [5.41, 5.74) is 0. The number of alkyl halides is 3. The fourth-order valence-electron chi connectivity index (χ4n) is 0.586.